The van der Waals surface area contributed by atoms with Crippen LogP contribution >= 0.6 is 0 Å². The van der Waals surface area contributed by atoms with E-state index in [1.165, 1.54) is 17.2 Å². The van der Waals surface area contributed by atoms with Crippen LogP contribution in [0.15, 0.2) is 12.7 Å². The minimum atomic E-state index is -1.29. The number of aliphatic hydroxyl groups excluding tert-OH is 2. The molecular formula is C10H10N6O3. The number of hydrogen-bond acceptors (Lipinski definition) is 8. The Kier molecular flexibility index (Phi) is 2.56. The second-order valence-electron chi connectivity index (χ2n) is 4.14. The molecule has 4 atom stereocenters. The monoisotopic (exact) mass is 262 g/mol. The van der Waals surface area contributed by atoms with E-state index in [2.05, 4.69) is 15.0 Å². The van der Waals surface area contributed by atoms with Gasteiger partial charge in [-0.15, -0.1) is 0 Å². The fourth-order valence-corrected chi connectivity index (χ4v) is 2.05. The smallest absolute Gasteiger partial charge is 0.175 e. The van der Waals surface area contributed by atoms with Crippen molar-refractivity contribution in [3.05, 3.63) is 12.7 Å². The van der Waals surface area contributed by atoms with Crippen molar-refractivity contribution in [1.82, 2.24) is 19.5 Å². The molecule has 19 heavy (non-hydrogen) atoms. The molecule has 4 N–H and O–H groups in total. The molecule has 1 aliphatic heterocycles. The number of nitrogen functional groups attached to an aromatic ring is 1. The Balaban J connectivity index is 2.07. The number of aliphatic hydroxyl groups is 2. The molecule has 0 spiro atoms. The van der Waals surface area contributed by atoms with E-state index in [-0.39, 0.29) is 5.82 Å². The molecule has 2 aromatic heterocycles. The maximum absolute atomic E-state index is 9.91. The zero-order valence-electron chi connectivity index (χ0n) is 9.58. The lowest BCUT2D eigenvalue weighted by Crippen LogP contribution is -2.30. The van der Waals surface area contributed by atoms with Crippen molar-refractivity contribution in [2.45, 2.75) is 24.5 Å². The van der Waals surface area contributed by atoms with Gasteiger partial charge < -0.3 is 20.7 Å². The fourth-order valence-electron chi connectivity index (χ4n) is 2.05. The van der Waals surface area contributed by atoms with Crippen molar-refractivity contribution in [2.75, 3.05) is 5.73 Å². The van der Waals surface area contributed by atoms with Crippen LogP contribution in [-0.4, -0.2) is 48.0 Å². The van der Waals surface area contributed by atoms with Crippen LogP contribution in [0, 0.1) is 11.3 Å². The summed E-state index contributed by atoms with van der Waals surface area (Å²) in [6, 6.07) is 1.77. The highest BCUT2D eigenvalue weighted by molar-refractivity contribution is 5.81. The number of ether oxygens (including phenoxy) is 1. The molecule has 1 fully saturated rings. The topological polar surface area (TPSA) is 143 Å². The normalized spacial score (nSPS) is 30.6. The van der Waals surface area contributed by atoms with Gasteiger partial charge in [-0.3, -0.25) is 4.57 Å². The lowest BCUT2D eigenvalue weighted by Gasteiger charge is -2.15. The van der Waals surface area contributed by atoms with Gasteiger partial charge in [0.2, 0.25) is 0 Å². The number of rotatable bonds is 1. The number of nitrogens with two attached hydrogens (primary N) is 1. The quantitative estimate of drug-likeness (QED) is 0.566. The molecule has 1 aliphatic rings. The lowest BCUT2D eigenvalue weighted by molar-refractivity contribution is -0.0233. The molecule has 1 unspecified atom stereocenters. The van der Waals surface area contributed by atoms with Gasteiger partial charge in [0.05, 0.1) is 12.4 Å². The highest BCUT2D eigenvalue weighted by atomic mass is 16.6. The van der Waals surface area contributed by atoms with E-state index in [1.54, 1.807) is 6.07 Å². The van der Waals surface area contributed by atoms with Crippen molar-refractivity contribution in [3.63, 3.8) is 0 Å². The largest absolute Gasteiger partial charge is 0.386 e. The van der Waals surface area contributed by atoms with Gasteiger partial charge in [0, 0.05) is 0 Å². The molecule has 0 saturated carbocycles. The van der Waals surface area contributed by atoms with Crippen molar-refractivity contribution in [3.8, 4) is 6.07 Å². The van der Waals surface area contributed by atoms with E-state index in [9.17, 15) is 10.2 Å². The van der Waals surface area contributed by atoms with Crippen LogP contribution in [0.25, 0.3) is 11.2 Å². The summed E-state index contributed by atoms with van der Waals surface area (Å²) in [7, 11) is 0. The van der Waals surface area contributed by atoms with E-state index in [0.717, 1.165) is 0 Å². The summed E-state index contributed by atoms with van der Waals surface area (Å²) >= 11 is 0. The highest BCUT2D eigenvalue weighted by Crippen LogP contribution is 2.31. The third-order valence-corrected chi connectivity index (χ3v) is 3.03. The molecule has 98 valence electrons. The van der Waals surface area contributed by atoms with Crippen LogP contribution in [-0.2, 0) is 4.74 Å². The summed E-state index contributed by atoms with van der Waals surface area (Å²) in [6.45, 7) is 0. The summed E-state index contributed by atoms with van der Waals surface area (Å²) in [5, 5.41) is 28.4. The van der Waals surface area contributed by atoms with Crippen LogP contribution in [0.3, 0.4) is 0 Å². The first kappa shape index (κ1) is 11.8. The van der Waals surface area contributed by atoms with Crippen molar-refractivity contribution >= 4 is 17.0 Å². The molecule has 3 heterocycles. The number of nitrogens with zero attached hydrogens (tertiary/aromatic N) is 5. The van der Waals surface area contributed by atoms with Gasteiger partial charge in [-0.05, 0) is 0 Å². The van der Waals surface area contributed by atoms with Crippen LogP contribution < -0.4 is 5.73 Å². The Morgan fingerprint density at radius 2 is 2.11 bits per heavy atom. The van der Waals surface area contributed by atoms with Gasteiger partial charge in [-0.25, -0.2) is 15.0 Å². The average Bonchev–Trinajstić information content (AvgIpc) is 2.94. The molecule has 0 radical (unpaired) electrons. The molecule has 9 heteroatoms. The van der Waals surface area contributed by atoms with E-state index in [4.69, 9.17) is 15.7 Å². The minimum Gasteiger partial charge on any atom is -0.386 e. The molecule has 3 rings (SSSR count). The van der Waals surface area contributed by atoms with Crippen LogP contribution in [0.1, 0.15) is 6.23 Å². The zero-order chi connectivity index (χ0) is 13.6. The molecule has 0 aromatic carbocycles. The summed E-state index contributed by atoms with van der Waals surface area (Å²) in [5.74, 6) is 0.202. The van der Waals surface area contributed by atoms with Gasteiger partial charge in [0.25, 0.3) is 0 Å². The summed E-state index contributed by atoms with van der Waals surface area (Å²) in [5.41, 5.74) is 6.38. The second-order valence-corrected chi connectivity index (χ2v) is 4.14. The van der Waals surface area contributed by atoms with Gasteiger partial charge in [0.1, 0.15) is 24.1 Å². The molecule has 1 saturated heterocycles. The summed E-state index contributed by atoms with van der Waals surface area (Å²) in [4.78, 5) is 11.8. The zero-order valence-corrected chi connectivity index (χ0v) is 9.58. The number of fused-ring (bicyclic) bond motifs is 1. The minimum absolute atomic E-state index is 0.202. The van der Waals surface area contributed by atoms with Crippen molar-refractivity contribution in [1.29, 1.82) is 5.26 Å². The van der Waals surface area contributed by atoms with Crippen molar-refractivity contribution < 1.29 is 14.9 Å². The standard InChI is InChI=1S/C10H10N6O3/c11-1-4-6(17)7(18)10(19-4)16-3-15-5-8(12)13-2-14-9(5)16/h2-4,6-7,10,17-18H,(H2,12,13,14)/t4-,6-,7-,10?/m1/s1. The molecule has 9 nitrogen and oxygen atoms in total. The molecule has 0 bridgehead atoms. The molecular weight excluding hydrogens is 252 g/mol. The Labute approximate surface area is 106 Å². The fraction of sp³-hybridized carbons (Fsp3) is 0.400. The van der Waals surface area contributed by atoms with Gasteiger partial charge in [-0.1, -0.05) is 0 Å². The van der Waals surface area contributed by atoms with Crippen molar-refractivity contribution in [2.24, 2.45) is 0 Å². The Morgan fingerprint density at radius 3 is 2.79 bits per heavy atom. The van der Waals surface area contributed by atoms with E-state index in [1.807, 2.05) is 0 Å². The molecule has 0 amide bonds. The Morgan fingerprint density at radius 1 is 1.32 bits per heavy atom. The summed E-state index contributed by atoms with van der Waals surface area (Å²) in [6.07, 6.45) is -1.95. The number of aromatic nitrogens is 4. The first-order valence-corrected chi connectivity index (χ1v) is 5.47. The highest BCUT2D eigenvalue weighted by Gasteiger charge is 2.44. The van der Waals surface area contributed by atoms with E-state index >= 15 is 0 Å². The number of hydrogen-bond donors (Lipinski definition) is 3. The van der Waals surface area contributed by atoms with Crippen LogP contribution in [0.2, 0.25) is 0 Å². The lowest BCUT2D eigenvalue weighted by atomic mass is 10.1. The Hall–Kier alpha value is -2.28. The van der Waals surface area contributed by atoms with E-state index < -0.39 is 24.5 Å². The number of nitriles is 1. The first-order chi connectivity index (χ1) is 9.13. The van der Waals surface area contributed by atoms with Gasteiger partial charge >= 0.3 is 0 Å². The predicted molar refractivity (Wildman–Crippen MR) is 61.3 cm³/mol. The summed E-state index contributed by atoms with van der Waals surface area (Å²) < 4.78 is 6.70. The Bertz CT molecular complexity index is 665. The van der Waals surface area contributed by atoms with Gasteiger partial charge in [-0.2, -0.15) is 5.26 Å². The third-order valence-electron chi connectivity index (χ3n) is 3.03. The number of anilines is 1. The average molecular weight is 262 g/mol. The molecule has 0 aliphatic carbocycles. The number of imidazole rings is 1. The van der Waals surface area contributed by atoms with Crippen LogP contribution in [0.4, 0.5) is 5.82 Å². The first-order valence-electron chi connectivity index (χ1n) is 5.47. The van der Waals surface area contributed by atoms with E-state index in [0.29, 0.717) is 11.2 Å². The predicted octanol–water partition coefficient (Wildman–Crippen LogP) is -1.45. The maximum atomic E-state index is 9.91. The maximum Gasteiger partial charge on any atom is 0.175 e. The molecule has 2 aromatic rings. The van der Waals surface area contributed by atoms with Gasteiger partial charge in [0.15, 0.2) is 23.8 Å². The van der Waals surface area contributed by atoms with Crippen LogP contribution in [0.5, 0.6) is 0 Å². The third kappa shape index (κ3) is 1.62. The second kappa shape index (κ2) is 4.13. The SMILES string of the molecule is N#C[C@H]1OC(n2cnc3c(N)ncnc32)[C@H](O)[C@@H]1O.